The molecule has 16 heavy (non-hydrogen) atoms. The van der Waals surface area contributed by atoms with E-state index in [0.29, 0.717) is 0 Å². The van der Waals surface area contributed by atoms with E-state index in [0.717, 1.165) is 11.4 Å². The second kappa shape index (κ2) is 6.24. The smallest absolute Gasteiger partial charge is 0.0477 e. The molecule has 1 aromatic rings. The molecule has 2 unspecified atom stereocenters. The van der Waals surface area contributed by atoms with Crippen molar-refractivity contribution in [3.05, 3.63) is 34.9 Å². The Labute approximate surface area is 103 Å². The van der Waals surface area contributed by atoms with Gasteiger partial charge >= 0.3 is 0 Å². The van der Waals surface area contributed by atoms with E-state index in [1.807, 2.05) is 38.4 Å². The first kappa shape index (κ1) is 13.5. The van der Waals surface area contributed by atoms with Gasteiger partial charge in [-0.3, -0.25) is 0 Å². The summed E-state index contributed by atoms with van der Waals surface area (Å²) in [6, 6.07) is 8.11. The van der Waals surface area contributed by atoms with Crippen LogP contribution in [-0.4, -0.2) is 30.7 Å². The van der Waals surface area contributed by atoms with Gasteiger partial charge in [0, 0.05) is 23.6 Å². The zero-order valence-electron chi connectivity index (χ0n) is 10.2. The van der Waals surface area contributed by atoms with Crippen molar-refractivity contribution in [2.45, 2.75) is 19.4 Å². The summed E-state index contributed by atoms with van der Waals surface area (Å²) in [6.45, 7) is 2.31. The highest BCUT2D eigenvalue weighted by molar-refractivity contribution is 6.30. The predicted octanol–water partition coefficient (Wildman–Crippen LogP) is 2.96. The highest BCUT2D eigenvalue weighted by Crippen LogP contribution is 2.29. The molecule has 0 amide bonds. The zero-order valence-corrected chi connectivity index (χ0v) is 10.9. The fraction of sp³-hybridized carbons (Fsp3) is 0.538. The van der Waals surface area contributed by atoms with E-state index in [-0.39, 0.29) is 18.6 Å². The minimum atomic E-state index is 0.210. The average molecular weight is 242 g/mol. The molecule has 1 rings (SSSR count). The molecule has 0 bridgehead atoms. The fourth-order valence-electron chi connectivity index (χ4n) is 2.10. The summed E-state index contributed by atoms with van der Waals surface area (Å²) in [5.74, 6) is 0.260. The van der Waals surface area contributed by atoms with Gasteiger partial charge in [0.1, 0.15) is 0 Å². The molecule has 0 saturated carbocycles. The van der Waals surface area contributed by atoms with E-state index in [4.69, 9.17) is 11.6 Å². The van der Waals surface area contributed by atoms with Gasteiger partial charge in [0.2, 0.25) is 0 Å². The number of nitrogens with zero attached hydrogens (tertiary/aromatic N) is 1. The average Bonchev–Trinajstić information content (AvgIpc) is 2.27. The summed E-state index contributed by atoms with van der Waals surface area (Å²) in [4.78, 5) is 2.15. The van der Waals surface area contributed by atoms with Gasteiger partial charge < -0.3 is 10.0 Å². The Morgan fingerprint density at radius 1 is 1.25 bits per heavy atom. The van der Waals surface area contributed by atoms with E-state index in [1.54, 1.807) is 0 Å². The summed E-state index contributed by atoms with van der Waals surface area (Å²) in [6.07, 6.45) is 0.960. The largest absolute Gasteiger partial charge is 0.396 e. The van der Waals surface area contributed by atoms with Gasteiger partial charge in [-0.1, -0.05) is 30.7 Å². The first-order valence-corrected chi connectivity index (χ1v) is 6.00. The van der Waals surface area contributed by atoms with Crippen LogP contribution in [0.15, 0.2) is 24.3 Å². The van der Waals surface area contributed by atoms with Gasteiger partial charge in [0.05, 0.1) is 0 Å². The van der Waals surface area contributed by atoms with E-state index >= 15 is 0 Å². The number of rotatable bonds is 5. The maximum atomic E-state index is 9.41. The number of aliphatic hydroxyl groups excluding tert-OH is 1. The Balaban J connectivity index is 2.97. The highest BCUT2D eigenvalue weighted by Gasteiger charge is 2.22. The van der Waals surface area contributed by atoms with E-state index in [1.165, 1.54) is 5.56 Å². The van der Waals surface area contributed by atoms with E-state index in [9.17, 15) is 5.11 Å². The number of hydrogen-bond donors (Lipinski definition) is 1. The maximum Gasteiger partial charge on any atom is 0.0477 e. The molecular weight excluding hydrogens is 222 g/mol. The Morgan fingerprint density at radius 2 is 1.81 bits per heavy atom. The third-order valence-corrected chi connectivity index (χ3v) is 3.23. The van der Waals surface area contributed by atoms with Crippen LogP contribution in [0.2, 0.25) is 5.02 Å². The summed E-state index contributed by atoms with van der Waals surface area (Å²) in [5.41, 5.74) is 1.20. The monoisotopic (exact) mass is 241 g/mol. The molecule has 1 aromatic carbocycles. The number of hydrogen-bond acceptors (Lipinski definition) is 2. The topological polar surface area (TPSA) is 23.5 Å². The molecule has 0 saturated heterocycles. The van der Waals surface area contributed by atoms with Crippen molar-refractivity contribution in [1.29, 1.82) is 0 Å². The van der Waals surface area contributed by atoms with Gasteiger partial charge in [-0.15, -0.1) is 0 Å². The second-order valence-electron chi connectivity index (χ2n) is 4.31. The molecule has 0 radical (unpaired) electrons. The van der Waals surface area contributed by atoms with Gasteiger partial charge in [-0.25, -0.2) is 0 Å². The van der Waals surface area contributed by atoms with Crippen LogP contribution in [0.4, 0.5) is 0 Å². The number of aliphatic hydroxyl groups is 1. The molecule has 0 aromatic heterocycles. The van der Waals surface area contributed by atoms with Crippen molar-refractivity contribution >= 4 is 11.6 Å². The predicted molar refractivity (Wildman–Crippen MR) is 68.7 cm³/mol. The summed E-state index contributed by atoms with van der Waals surface area (Å²) in [7, 11) is 4.08. The summed E-state index contributed by atoms with van der Waals surface area (Å²) in [5, 5.41) is 10.2. The van der Waals surface area contributed by atoms with Crippen LogP contribution in [-0.2, 0) is 0 Å². The lowest BCUT2D eigenvalue weighted by molar-refractivity contribution is 0.130. The fourth-order valence-corrected chi connectivity index (χ4v) is 2.23. The van der Waals surface area contributed by atoms with Crippen molar-refractivity contribution in [2.24, 2.45) is 5.92 Å². The van der Waals surface area contributed by atoms with Crippen LogP contribution in [0.1, 0.15) is 24.9 Å². The van der Waals surface area contributed by atoms with Gasteiger partial charge in [-0.2, -0.15) is 0 Å². The number of halogens is 1. The Morgan fingerprint density at radius 3 is 2.19 bits per heavy atom. The molecule has 0 fully saturated rings. The Hall–Kier alpha value is -0.570. The highest BCUT2D eigenvalue weighted by atomic mass is 35.5. The molecular formula is C13H20ClNO. The minimum absolute atomic E-state index is 0.210. The third kappa shape index (κ3) is 3.21. The molecule has 0 aliphatic heterocycles. The first-order valence-electron chi connectivity index (χ1n) is 5.62. The van der Waals surface area contributed by atoms with Crippen molar-refractivity contribution in [2.75, 3.05) is 20.7 Å². The summed E-state index contributed by atoms with van der Waals surface area (Å²) < 4.78 is 0. The van der Waals surface area contributed by atoms with Crippen LogP contribution in [0, 0.1) is 5.92 Å². The first-order chi connectivity index (χ1) is 7.60. The Bertz CT molecular complexity index is 306. The molecule has 2 atom stereocenters. The van der Waals surface area contributed by atoms with Crippen LogP contribution >= 0.6 is 11.6 Å². The van der Waals surface area contributed by atoms with Crippen molar-refractivity contribution in [3.8, 4) is 0 Å². The molecule has 0 heterocycles. The quantitative estimate of drug-likeness (QED) is 0.857. The molecule has 3 heteroatoms. The lowest BCUT2D eigenvalue weighted by Crippen LogP contribution is -2.29. The van der Waals surface area contributed by atoms with Crippen molar-refractivity contribution in [1.82, 2.24) is 4.90 Å². The Kier molecular flexibility index (Phi) is 5.26. The van der Waals surface area contributed by atoms with Crippen LogP contribution < -0.4 is 0 Å². The van der Waals surface area contributed by atoms with Crippen molar-refractivity contribution in [3.63, 3.8) is 0 Å². The lowest BCUT2D eigenvalue weighted by Gasteiger charge is -2.31. The maximum absolute atomic E-state index is 9.41. The lowest BCUT2D eigenvalue weighted by atomic mass is 9.91. The SMILES string of the molecule is CCC(CO)C(c1ccc(Cl)cc1)N(C)C. The molecule has 0 spiro atoms. The van der Waals surface area contributed by atoms with E-state index < -0.39 is 0 Å². The molecule has 0 aliphatic rings. The van der Waals surface area contributed by atoms with E-state index in [2.05, 4.69) is 11.8 Å². The normalized spacial score (nSPS) is 15.1. The van der Waals surface area contributed by atoms with Crippen LogP contribution in [0.5, 0.6) is 0 Å². The number of benzene rings is 1. The van der Waals surface area contributed by atoms with Gasteiger partial charge in [0.25, 0.3) is 0 Å². The molecule has 0 aliphatic carbocycles. The van der Waals surface area contributed by atoms with Gasteiger partial charge in [-0.05, 0) is 38.2 Å². The zero-order chi connectivity index (χ0) is 12.1. The second-order valence-corrected chi connectivity index (χ2v) is 4.75. The van der Waals surface area contributed by atoms with Crippen LogP contribution in [0.3, 0.4) is 0 Å². The summed E-state index contributed by atoms with van der Waals surface area (Å²) >= 11 is 5.88. The molecule has 2 nitrogen and oxygen atoms in total. The van der Waals surface area contributed by atoms with Gasteiger partial charge in [0.15, 0.2) is 0 Å². The van der Waals surface area contributed by atoms with Crippen molar-refractivity contribution < 1.29 is 5.11 Å². The van der Waals surface area contributed by atoms with Crippen LogP contribution in [0.25, 0.3) is 0 Å². The third-order valence-electron chi connectivity index (χ3n) is 2.97. The minimum Gasteiger partial charge on any atom is -0.396 e. The molecule has 1 N–H and O–H groups in total. The molecule has 90 valence electrons. The standard InChI is InChI=1S/C13H20ClNO/c1-4-10(9-16)13(15(2)3)11-5-7-12(14)8-6-11/h5-8,10,13,16H,4,9H2,1-3H3.